The molecule has 0 aliphatic heterocycles. The number of rotatable bonds is 4. The highest BCUT2D eigenvalue weighted by Gasteiger charge is 2.16. The SMILES string of the molecule is COC(=O)c1cc(Cc2ccc(C)cc2)n(-c2ccccn2)n1. The molecule has 23 heavy (non-hydrogen) atoms. The van der Waals surface area contributed by atoms with Crippen molar-refractivity contribution in [2.75, 3.05) is 7.11 Å². The summed E-state index contributed by atoms with van der Waals surface area (Å²) in [5.74, 6) is 0.217. The highest BCUT2D eigenvalue weighted by molar-refractivity contribution is 5.87. The summed E-state index contributed by atoms with van der Waals surface area (Å²) in [6, 6.07) is 15.6. The lowest BCUT2D eigenvalue weighted by molar-refractivity contribution is 0.0593. The van der Waals surface area contributed by atoms with Crippen LogP contribution >= 0.6 is 0 Å². The third-order valence-electron chi connectivity index (χ3n) is 3.55. The summed E-state index contributed by atoms with van der Waals surface area (Å²) in [4.78, 5) is 16.1. The lowest BCUT2D eigenvalue weighted by Crippen LogP contribution is -2.06. The molecule has 0 radical (unpaired) electrons. The van der Waals surface area contributed by atoms with E-state index in [0.29, 0.717) is 12.2 Å². The van der Waals surface area contributed by atoms with Gasteiger partial charge in [0.15, 0.2) is 11.5 Å². The van der Waals surface area contributed by atoms with Crippen molar-refractivity contribution in [3.8, 4) is 5.82 Å². The van der Waals surface area contributed by atoms with Crippen molar-refractivity contribution < 1.29 is 9.53 Å². The van der Waals surface area contributed by atoms with Crippen LogP contribution < -0.4 is 0 Å². The molecule has 3 aromatic rings. The fraction of sp³-hybridized carbons (Fsp3) is 0.167. The van der Waals surface area contributed by atoms with E-state index in [4.69, 9.17) is 4.74 Å². The highest BCUT2D eigenvalue weighted by Crippen LogP contribution is 2.16. The van der Waals surface area contributed by atoms with Crippen LogP contribution in [0.5, 0.6) is 0 Å². The van der Waals surface area contributed by atoms with Crippen LogP contribution in [0.15, 0.2) is 54.7 Å². The molecule has 0 bridgehead atoms. The van der Waals surface area contributed by atoms with E-state index in [9.17, 15) is 4.79 Å². The van der Waals surface area contributed by atoms with Gasteiger partial charge in [-0.3, -0.25) is 0 Å². The Labute approximate surface area is 134 Å². The van der Waals surface area contributed by atoms with Crippen LogP contribution in [0.4, 0.5) is 0 Å². The molecule has 0 atom stereocenters. The number of methoxy groups -OCH3 is 1. The van der Waals surface area contributed by atoms with Gasteiger partial charge in [-0.25, -0.2) is 14.5 Å². The minimum atomic E-state index is -0.454. The van der Waals surface area contributed by atoms with E-state index in [1.165, 1.54) is 12.7 Å². The number of pyridine rings is 1. The largest absolute Gasteiger partial charge is 0.464 e. The second kappa shape index (κ2) is 6.44. The molecule has 0 spiro atoms. The fourth-order valence-electron chi connectivity index (χ4n) is 2.34. The first-order chi connectivity index (χ1) is 11.2. The van der Waals surface area contributed by atoms with Crippen molar-refractivity contribution in [2.45, 2.75) is 13.3 Å². The second-order valence-corrected chi connectivity index (χ2v) is 5.27. The lowest BCUT2D eigenvalue weighted by atomic mass is 10.1. The van der Waals surface area contributed by atoms with Crippen molar-refractivity contribution in [1.29, 1.82) is 0 Å². The number of aromatic nitrogens is 3. The molecule has 0 unspecified atom stereocenters. The van der Waals surface area contributed by atoms with Gasteiger partial charge in [0.05, 0.1) is 12.8 Å². The molecule has 116 valence electrons. The first kappa shape index (κ1) is 15.0. The summed E-state index contributed by atoms with van der Waals surface area (Å²) in [6.45, 7) is 2.05. The Kier molecular flexibility index (Phi) is 4.19. The Hall–Kier alpha value is -2.95. The lowest BCUT2D eigenvalue weighted by Gasteiger charge is -2.06. The molecule has 0 fully saturated rings. The number of esters is 1. The van der Waals surface area contributed by atoms with Crippen LogP contribution in [-0.2, 0) is 11.2 Å². The van der Waals surface area contributed by atoms with Gasteiger partial charge in [0.2, 0.25) is 0 Å². The topological polar surface area (TPSA) is 57.0 Å². The zero-order valence-electron chi connectivity index (χ0n) is 13.1. The smallest absolute Gasteiger partial charge is 0.358 e. The molecular formula is C18H17N3O2. The molecular weight excluding hydrogens is 290 g/mol. The number of hydrogen-bond acceptors (Lipinski definition) is 4. The number of nitrogens with zero attached hydrogens (tertiary/aromatic N) is 3. The molecule has 0 saturated carbocycles. The van der Waals surface area contributed by atoms with Gasteiger partial charge in [-0.1, -0.05) is 35.9 Å². The van der Waals surface area contributed by atoms with Gasteiger partial charge in [-0.15, -0.1) is 0 Å². The summed E-state index contributed by atoms with van der Waals surface area (Å²) in [5, 5.41) is 4.34. The number of carbonyl (C=O) groups is 1. The van der Waals surface area contributed by atoms with Gasteiger partial charge in [-0.05, 0) is 30.7 Å². The van der Waals surface area contributed by atoms with Crippen molar-refractivity contribution in [2.24, 2.45) is 0 Å². The number of benzene rings is 1. The predicted molar refractivity (Wildman–Crippen MR) is 86.7 cm³/mol. The molecule has 0 aliphatic carbocycles. The van der Waals surface area contributed by atoms with Gasteiger partial charge >= 0.3 is 5.97 Å². The van der Waals surface area contributed by atoms with Crippen LogP contribution in [0, 0.1) is 6.92 Å². The third-order valence-corrected chi connectivity index (χ3v) is 3.55. The van der Waals surface area contributed by atoms with Gasteiger partial charge in [0.25, 0.3) is 0 Å². The summed E-state index contributed by atoms with van der Waals surface area (Å²) in [5.41, 5.74) is 3.51. The zero-order valence-corrected chi connectivity index (χ0v) is 13.1. The van der Waals surface area contributed by atoms with Gasteiger partial charge in [-0.2, -0.15) is 5.10 Å². The molecule has 3 rings (SSSR count). The van der Waals surface area contributed by atoms with E-state index in [0.717, 1.165) is 11.3 Å². The highest BCUT2D eigenvalue weighted by atomic mass is 16.5. The predicted octanol–water partition coefficient (Wildman–Crippen LogP) is 2.95. The molecule has 5 nitrogen and oxygen atoms in total. The van der Waals surface area contributed by atoms with E-state index < -0.39 is 5.97 Å². The molecule has 1 aromatic carbocycles. The molecule has 0 N–H and O–H groups in total. The van der Waals surface area contributed by atoms with Crippen LogP contribution in [0.25, 0.3) is 5.82 Å². The van der Waals surface area contributed by atoms with Crippen molar-refractivity contribution in [3.05, 3.63) is 77.2 Å². The molecule has 0 saturated heterocycles. The zero-order chi connectivity index (χ0) is 16.2. The standard InChI is InChI=1S/C18H17N3O2/c1-13-6-8-14(9-7-13)11-15-12-16(18(22)23-2)20-21(15)17-5-3-4-10-19-17/h3-10,12H,11H2,1-2H3. The third kappa shape index (κ3) is 3.29. The van der Waals surface area contributed by atoms with Crippen LogP contribution in [0.3, 0.4) is 0 Å². The molecule has 0 amide bonds. The minimum absolute atomic E-state index is 0.278. The monoisotopic (exact) mass is 307 g/mol. The van der Waals surface area contributed by atoms with Crippen molar-refractivity contribution in [1.82, 2.24) is 14.8 Å². The number of ether oxygens (including phenoxy) is 1. The van der Waals surface area contributed by atoms with Crippen molar-refractivity contribution in [3.63, 3.8) is 0 Å². The summed E-state index contributed by atoms with van der Waals surface area (Å²) in [7, 11) is 1.35. The Bertz CT molecular complexity index is 808. The first-order valence-electron chi connectivity index (χ1n) is 7.31. The normalized spacial score (nSPS) is 10.5. The minimum Gasteiger partial charge on any atom is -0.464 e. The van der Waals surface area contributed by atoms with Gasteiger partial charge in [0, 0.05) is 12.6 Å². The van der Waals surface area contributed by atoms with Gasteiger partial charge in [0.1, 0.15) is 0 Å². The van der Waals surface area contributed by atoms with Crippen LogP contribution in [-0.4, -0.2) is 27.8 Å². The molecule has 5 heteroatoms. The maximum Gasteiger partial charge on any atom is 0.358 e. The number of aryl methyl sites for hydroxylation is 1. The summed E-state index contributed by atoms with van der Waals surface area (Å²) in [6.07, 6.45) is 2.35. The quantitative estimate of drug-likeness (QED) is 0.695. The average molecular weight is 307 g/mol. The Balaban J connectivity index is 2.01. The van der Waals surface area contributed by atoms with Crippen molar-refractivity contribution >= 4 is 5.97 Å². The van der Waals surface area contributed by atoms with E-state index >= 15 is 0 Å². The van der Waals surface area contributed by atoms with E-state index in [2.05, 4.69) is 41.3 Å². The van der Waals surface area contributed by atoms with E-state index in [-0.39, 0.29) is 5.69 Å². The van der Waals surface area contributed by atoms with Gasteiger partial charge < -0.3 is 4.74 Å². The fourth-order valence-corrected chi connectivity index (χ4v) is 2.34. The maximum atomic E-state index is 11.8. The Morgan fingerprint density at radius 2 is 1.96 bits per heavy atom. The number of carbonyl (C=O) groups excluding carboxylic acids is 1. The summed E-state index contributed by atoms with van der Waals surface area (Å²) >= 11 is 0. The second-order valence-electron chi connectivity index (χ2n) is 5.27. The first-order valence-corrected chi connectivity index (χ1v) is 7.31. The van der Waals surface area contributed by atoms with Crippen LogP contribution in [0.2, 0.25) is 0 Å². The summed E-state index contributed by atoms with van der Waals surface area (Å²) < 4.78 is 6.46. The van der Waals surface area contributed by atoms with Crippen LogP contribution in [0.1, 0.15) is 27.3 Å². The maximum absolute atomic E-state index is 11.8. The Morgan fingerprint density at radius 1 is 1.17 bits per heavy atom. The Morgan fingerprint density at radius 3 is 2.61 bits per heavy atom. The number of hydrogen-bond donors (Lipinski definition) is 0. The van der Waals surface area contributed by atoms with E-state index in [1.807, 2.05) is 18.2 Å². The molecule has 2 aromatic heterocycles. The molecule has 2 heterocycles. The van der Waals surface area contributed by atoms with E-state index in [1.54, 1.807) is 16.9 Å². The average Bonchev–Trinajstić information content (AvgIpc) is 3.01. The molecule has 0 aliphatic rings.